The fraction of sp³-hybridized carbons (Fsp3) is 0.500. The third kappa shape index (κ3) is 2.61. The summed E-state index contributed by atoms with van der Waals surface area (Å²) in [4.78, 5) is 3.88. The molecule has 1 saturated heterocycles. The number of morpholine rings is 1. The molecule has 108 valence electrons. The molecular weight excluding hydrogens is 268 g/mol. The van der Waals surface area contributed by atoms with E-state index in [4.69, 9.17) is 10.5 Å². The second-order valence-electron chi connectivity index (χ2n) is 5.31. The Morgan fingerprint density at radius 2 is 2.25 bits per heavy atom. The lowest BCUT2D eigenvalue weighted by molar-refractivity contribution is -0.0126. The second-order valence-corrected chi connectivity index (χ2v) is 6.45. The molecule has 0 spiro atoms. The smallest absolute Gasteiger partial charge is 0.0622 e. The van der Waals surface area contributed by atoms with Gasteiger partial charge >= 0.3 is 0 Å². The Balaban J connectivity index is 1.92. The molecule has 1 aliphatic rings. The molecule has 0 saturated carbocycles. The van der Waals surface area contributed by atoms with Crippen molar-refractivity contribution in [1.82, 2.24) is 4.90 Å². The molecule has 0 bridgehead atoms. The highest BCUT2D eigenvalue weighted by Crippen LogP contribution is 2.32. The molecule has 1 aromatic heterocycles. The fourth-order valence-electron chi connectivity index (χ4n) is 2.96. The van der Waals surface area contributed by atoms with Gasteiger partial charge in [0.1, 0.15) is 0 Å². The van der Waals surface area contributed by atoms with Crippen LogP contribution < -0.4 is 5.73 Å². The highest BCUT2D eigenvalue weighted by molar-refractivity contribution is 7.19. The third-order valence-corrected chi connectivity index (χ3v) is 5.38. The standard InChI is InChI=1S/C16H22N2OS/c1-2-12-11-19-8-7-18(12)10-14-13-5-3-4-6-15(13)20-16(14)9-17/h3-6,12H,2,7-11,17H2,1H3. The third-order valence-electron chi connectivity index (χ3n) is 4.15. The molecule has 1 unspecified atom stereocenters. The Labute approximate surface area is 124 Å². The predicted molar refractivity (Wildman–Crippen MR) is 85.0 cm³/mol. The quantitative estimate of drug-likeness (QED) is 0.941. The topological polar surface area (TPSA) is 38.5 Å². The Kier molecular flexibility index (Phi) is 4.36. The van der Waals surface area contributed by atoms with Crippen molar-refractivity contribution < 1.29 is 4.74 Å². The number of nitrogens with zero attached hydrogens (tertiary/aromatic N) is 1. The van der Waals surface area contributed by atoms with Gasteiger partial charge in [0.2, 0.25) is 0 Å². The number of hydrogen-bond acceptors (Lipinski definition) is 4. The monoisotopic (exact) mass is 290 g/mol. The zero-order valence-corrected chi connectivity index (χ0v) is 12.8. The van der Waals surface area contributed by atoms with Crippen LogP contribution >= 0.6 is 11.3 Å². The van der Waals surface area contributed by atoms with Crippen LogP contribution in [0.25, 0.3) is 10.1 Å². The van der Waals surface area contributed by atoms with Gasteiger partial charge in [0.25, 0.3) is 0 Å². The van der Waals surface area contributed by atoms with Gasteiger partial charge in [0.05, 0.1) is 13.2 Å². The largest absolute Gasteiger partial charge is 0.378 e. The van der Waals surface area contributed by atoms with E-state index in [9.17, 15) is 0 Å². The minimum absolute atomic E-state index is 0.535. The maximum Gasteiger partial charge on any atom is 0.0622 e. The number of benzene rings is 1. The lowest BCUT2D eigenvalue weighted by Gasteiger charge is -2.35. The number of thiophene rings is 1. The van der Waals surface area contributed by atoms with E-state index in [1.165, 1.54) is 20.5 Å². The molecule has 0 amide bonds. The molecule has 1 fully saturated rings. The van der Waals surface area contributed by atoms with E-state index < -0.39 is 0 Å². The molecule has 0 radical (unpaired) electrons. The van der Waals surface area contributed by atoms with Crippen LogP contribution in [0.1, 0.15) is 23.8 Å². The molecule has 2 N–H and O–H groups in total. The molecule has 0 aliphatic carbocycles. The van der Waals surface area contributed by atoms with E-state index in [2.05, 4.69) is 36.1 Å². The van der Waals surface area contributed by atoms with Gasteiger partial charge in [0.15, 0.2) is 0 Å². The highest BCUT2D eigenvalue weighted by Gasteiger charge is 2.23. The van der Waals surface area contributed by atoms with Gasteiger partial charge in [-0.2, -0.15) is 0 Å². The van der Waals surface area contributed by atoms with Crippen LogP contribution in [0.5, 0.6) is 0 Å². The molecule has 1 aliphatic heterocycles. The minimum atomic E-state index is 0.535. The molecule has 4 heteroatoms. The summed E-state index contributed by atoms with van der Waals surface area (Å²) < 4.78 is 6.95. The number of nitrogens with two attached hydrogens (primary N) is 1. The van der Waals surface area contributed by atoms with Crippen molar-refractivity contribution in [1.29, 1.82) is 0 Å². The summed E-state index contributed by atoms with van der Waals surface area (Å²) in [5, 5.41) is 1.37. The summed E-state index contributed by atoms with van der Waals surface area (Å²) in [6.07, 6.45) is 1.14. The van der Waals surface area contributed by atoms with E-state index in [0.29, 0.717) is 12.6 Å². The van der Waals surface area contributed by atoms with Crippen molar-refractivity contribution in [3.63, 3.8) is 0 Å². The Hall–Kier alpha value is -0.940. The second kappa shape index (κ2) is 6.22. The van der Waals surface area contributed by atoms with E-state index in [-0.39, 0.29) is 0 Å². The van der Waals surface area contributed by atoms with Gasteiger partial charge in [-0.3, -0.25) is 4.90 Å². The van der Waals surface area contributed by atoms with Crippen LogP contribution in [-0.4, -0.2) is 30.7 Å². The molecule has 20 heavy (non-hydrogen) atoms. The van der Waals surface area contributed by atoms with Crippen LogP contribution in [-0.2, 0) is 17.8 Å². The van der Waals surface area contributed by atoms with Crippen molar-refractivity contribution in [2.24, 2.45) is 5.73 Å². The fourth-order valence-corrected chi connectivity index (χ4v) is 4.06. The van der Waals surface area contributed by atoms with Gasteiger partial charge in [-0.15, -0.1) is 11.3 Å². The lowest BCUT2D eigenvalue weighted by Crippen LogP contribution is -2.44. The number of ether oxygens (including phenoxy) is 1. The summed E-state index contributed by atoms with van der Waals surface area (Å²) in [6, 6.07) is 9.18. The van der Waals surface area contributed by atoms with Gasteiger partial charge in [0, 0.05) is 35.3 Å². The first-order valence-corrected chi connectivity index (χ1v) is 8.16. The van der Waals surface area contributed by atoms with E-state index >= 15 is 0 Å². The highest BCUT2D eigenvalue weighted by atomic mass is 32.1. The average Bonchev–Trinajstić information content (AvgIpc) is 2.86. The zero-order valence-electron chi connectivity index (χ0n) is 12.0. The van der Waals surface area contributed by atoms with Crippen molar-refractivity contribution >= 4 is 21.4 Å². The first-order chi connectivity index (χ1) is 9.83. The van der Waals surface area contributed by atoms with Crippen LogP contribution in [0.15, 0.2) is 24.3 Å². The number of hydrogen-bond donors (Lipinski definition) is 1. The average molecular weight is 290 g/mol. The maximum atomic E-state index is 5.95. The number of rotatable bonds is 4. The van der Waals surface area contributed by atoms with Gasteiger partial charge in [-0.25, -0.2) is 0 Å². The summed E-state index contributed by atoms with van der Waals surface area (Å²) in [5.74, 6) is 0. The van der Waals surface area contributed by atoms with Crippen molar-refractivity contribution in [2.45, 2.75) is 32.5 Å². The van der Waals surface area contributed by atoms with Crippen molar-refractivity contribution in [3.05, 3.63) is 34.7 Å². The van der Waals surface area contributed by atoms with Crippen LogP contribution in [0.4, 0.5) is 0 Å². The summed E-state index contributed by atoms with van der Waals surface area (Å²) in [6.45, 7) is 6.59. The Bertz CT molecular complexity index is 581. The molecular formula is C16H22N2OS. The normalized spacial score (nSPS) is 20.6. The molecule has 2 aromatic rings. The Morgan fingerprint density at radius 1 is 1.40 bits per heavy atom. The van der Waals surface area contributed by atoms with Crippen LogP contribution in [0.3, 0.4) is 0 Å². The van der Waals surface area contributed by atoms with E-state index in [0.717, 1.165) is 32.7 Å². The first kappa shape index (κ1) is 14.0. The van der Waals surface area contributed by atoms with E-state index in [1.54, 1.807) is 0 Å². The number of fused-ring (bicyclic) bond motifs is 1. The minimum Gasteiger partial charge on any atom is -0.378 e. The lowest BCUT2D eigenvalue weighted by atomic mass is 10.1. The van der Waals surface area contributed by atoms with Gasteiger partial charge in [-0.05, 0) is 23.4 Å². The van der Waals surface area contributed by atoms with Crippen LogP contribution in [0.2, 0.25) is 0 Å². The van der Waals surface area contributed by atoms with Gasteiger partial charge < -0.3 is 10.5 Å². The molecule has 1 atom stereocenters. The SMILES string of the molecule is CCC1COCCN1Cc1c(CN)sc2ccccc12. The zero-order chi connectivity index (χ0) is 13.9. The maximum absolute atomic E-state index is 5.95. The van der Waals surface area contributed by atoms with Crippen LogP contribution in [0, 0.1) is 0 Å². The summed E-state index contributed by atoms with van der Waals surface area (Å²) >= 11 is 1.84. The molecule has 3 nitrogen and oxygen atoms in total. The van der Waals surface area contributed by atoms with Crippen molar-refractivity contribution in [3.8, 4) is 0 Å². The predicted octanol–water partition coefficient (Wildman–Crippen LogP) is 2.97. The van der Waals surface area contributed by atoms with E-state index in [1.807, 2.05) is 11.3 Å². The summed E-state index contributed by atoms with van der Waals surface area (Å²) in [7, 11) is 0. The van der Waals surface area contributed by atoms with Gasteiger partial charge in [-0.1, -0.05) is 25.1 Å². The van der Waals surface area contributed by atoms with Crippen molar-refractivity contribution in [2.75, 3.05) is 19.8 Å². The molecule has 2 heterocycles. The molecule has 3 rings (SSSR count). The first-order valence-electron chi connectivity index (χ1n) is 7.34. The Morgan fingerprint density at radius 3 is 3.05 bits per heavy atom. The summed E-state index contributed by atoms with van der Waals surface area (Å²) in [5.41, 5.74) is 7.38. The molecule has 1 aromatic carbocycles.